The Balaban J connectivity index is 2.33. The Morgan fingerprint density at radius 1 is 1.03 bits per heavy atom. The number of hydrogen-bond donors (Lipinski definition) is 0. The summed E-state index contributed by atoms with van der Waals surface area (Å²) in [6.07, 6.45) is 9.28. The number of benzene rings is 2. The van der Waals surface area contributed by atoms with Crippen molar-refractivity contribution in [1.29, 1.82) is 0 Å². The van der Waals surface area contributed by atoms with Crippen LogP contribution in [0.1, 0.15) is 40.5 Å². The van der Waals surface area contributed by atoms with Gasteiger partial charge >= 0.3 is 0 Å². The number of ether oxygens (including phenoxy) is 1. The molecule has 2 nitrogen and oxygen atoms in total. The van der Waals surface area contributed by atoms with E-state index in [0.29, 0.717) is 6.61 Å². The van der Waals surface area contributed by atoms with Crippen LogP contribution in [0.15, 0.2) is 72.3 Å². The quantitative estimate of drug-likeness (QED) is 0.334. The lowest BCUT2D eigenvalue weighted by atomic mass is 10.1. The van der Waals surface area contributed by atoms with Crippen LogP contribution in [0.3, 0.4) is 0 Å². The Bertz CT molecular complexity index is 774. The third kappa shape index (κ3) is 5.70. The highest BCUT2D eigenvalue weighted by Gasteiger charge is 2.50. The minimum Gasteiger partial charge on any atom is -0.403 e. The molecule has 0 N–H and O–H groups in total. The topological polar surface area (TPSA) is 18.5 Å². The van der Waals surface area contributed by atoms with Gasteiger partial charge in [-0.25, -0.2) is 0 Å². The molecule has 0 aliphatic rings. The molecule has 2 aromatic carbocycles. The zero-order valence-corrected chi connectivity index (χ0v) is 19.4. The minimum absolute atomic E-state index is 0.0133. The van der Waals surface area contributed by atoms with Crippen LogP contribution in [-0.2, 0) is 9.16 Å². The summed E-state index contributed by atoms with van der Waals surface area (Å²) in [5.74, 6) is 2.67. The van der Waals surface area contributed by atoms with Gasteiger partial charge in [0.1, 0.15) is 6.10 Å². The summed E-state index contributed by atoms with van der Waals surface area (Å²) in [4.78, 5) is 0. The van der Waals surface area contributed by atoms with E-state index in [9.17, 15) is 0 Å². The summed E-state index contributed by atoms with van der Waals surface area (Å²) in [6.45, 7) is 9.65. The lowest BCUT2D eigenvalue weighted by Crippen LogP contribution is -2.66. The molecule has 0 saturated heterocycles. The molecule has 0 radical (unpaired) electrons. The Morgan fingerprint density at radius 2 is 1.55 bits per heavy atom. The van der Waals surface area contributed by atoms with Gasteiger partial charge in [0.2, 0.25) is 0 Å². The van der Waals surface area contributed by atoms with Crippen molar-refractivity contribution in [3.05, 3.63) is 72.3 Å². The summed E-state index contributed by atoms with van der Waals surface area (Å²) in [7, 11) is -0.825. The molecule has 3 heteroatoms. The standard InChI is InChI=1S/C26H34O2Si/c1-7-23(27-6)16-14-15-22(2)21-28-29(26(3,4)5,24-17-10-8-11-18-24)25-19-12-9-13-20-25/h1,8-13,15,17-20,23H,14,16,21H2,2-6H3/b22-15-/t23-/m1/s1. The largest absolute Gasteiger partial charge is 0.403 e. The Hall–Kier alpha value is -2.12. The summed E-state index contributed by atoms with van der Waals surface area (Å²) >= 11 is 0. The normalized spacial score (nSPS) is 13.7. The summed E-state index contributed by atoms with van der Waals surface area (Å²) in [5.41, 5.74) is 1.23. The minimum atomic E-state index is -2.48. The fraction of sp³-hybridized carbons (Fsp3) is 0.385. The molecule has 0 aliphatic carbocycles. The summed E-state index contributed by atoms with van der Waals surface area (Å²) in [5, 5.41) is 2.59. The lowest BCUT2D eigenvalue weighted by molar-refractivity contribution is 0.142. The summed E-state index contributed by atoms with van der Waals surface area (Å²) < 4.78 is 12.2. The van der Waals surface area contributed by atoms with E-state index in [0.717, 1.165) is 12.8 Å². The molecule has 1 atom stereocenters. The second-order valence-electron chi connectivity index (χ2n) is 8.47. The number of rotatable bonds is 9. The Kier molecular flexibility index (Phi) is 8.46. The van der Waals surface area contributed by atoms with E-state index in [-0.39, 0.29) is 11.1 Å². The molecule has 0 aromatic heterocycles. The molecule has 29 heavy (non-hydrogen) atoms. The predicted octanol–water partition coefficient (Wildman–Crippen LogP) is 4.94. The maximum Gasteiger partial charge on any atom is 0.261 e. The van der Waals surface area contributed by atoms with Crippen molar-refractivity contribution < 1.29 is 9.16 Å². The van der Waals surface area contributed by atoms with Crippen molar-refractivity contribution in [2.24, 2.45) is 0 Å². The van der Waals surface area contributed by atoms with Crippen LogP contribution in [-0.4, -0.2) is 28.1 Å². The highest BCUT2D eigenvalue weighted by molar-refractivity contribution is 6.99. The predicted molar refractivity (Wildman–Crippen MR) is 126 cm³/mol. The first-order chi connectivity index (χ1) is 13.8. The zero-order valence-electron chi connectivity index (χ0n) is 18.4. The average Bonchev–Trinajstić information content (AvgIpc) is 2.72. The van der Waals surface area contributed by atoms with Gasteiger partial charge in [-0.2, -0.15) is 0 Å². The smallest absolute Gasteiger partial charge is 0.261 e. The first kappa shape index (κ1) is 23.2. The van der Waals surface area contributed by atoms with E-state index in [1.54, 1.807) is 7.11 Å². The Labute approximate surface area is 178 Å². The molecule has 0 fully saturated rings. The van der Waals surface area contributed by atoms with Crippen LogP contribution >= 0.6 is 0 Å². The first-order valence-corrected chi connectivity index (χ1v) is 12.2. The van der Waals surface area contributed by atoms with E-state index in [1.165, 1.54) is 15.9 Å². The van der Waals surface area contributed by atoms with Crippen molar-refractivity contribution in [2.75, 3.05) is 13.7 Å². The number of terminal acetylenes is 1. The van der Waals surface area contributed by atoms with E-state index in [4.69, 9.17) is 15.6 Å². The van der Waals surface area contributed by atoms with Crippen LogP contribution in [0.2, 0.25) is 5.04 Å². The maximum absolute atomic E-state index is 6.94. The first-order valence-electron chi connectivity index (χ1n) is 10.2. The van der Waals surface area contributed by atoms with Crippen LogP contribution < -0.4 is 10.4 Å². The van der Waals surface area contributed by atoms with Crippen LogP contribution in [0.5, 0.6) is 0 Å². The second kappa shape index (κ2) is 10.6. The molecular weight excluding hydrogens is 372 g/mol. The Morgan fingerprint density at radius 3 is 1.97 bits per heavy atom. The molecule has 0 heterocycles. The number of methoxy groups -OCH3 is 1. The van der Waals surface area contributed by atoms with Crippen LogP contribution in [0.4, 0.5) is 0 Å². The zero-order chi connectivity index (χ0) is 21.3. The molecule has 0 aliphatic heterocycles. The van der Waals surface area contributed by atoms with E-state index >= 15 is 0 Å². The molecule has 0 bridgehead atoms. The molecule has 2 rings (SSSR count). The van der Waals surface area contributed by atoms with Gasteiger partial charge in [0.05, 0.1) is 6.61 Å². The second-order valence-corrected chi connectivity index (χ2v) is 12.8. The van der Waals surface area contributed by atoms with Crippen molar-refractivity contribution >= 4 is 18.7 Å². The molecular formula is C26H34O2Si. The average molecular weight is 407 g/mol. The van der Waals surface area contributed by atoms with E-state index < -0.39 is 8.32 Å². The molecule has 154 valence electrons. The van der Waals surface area contributed by atoms with Crippen molar-refractivity contribution in [3.63, 3.8) is 0 Å². The highest BCUT2D eigenvalue weighted by atomic mass is 28.4. The van der Waals surface area contributed by atoms with E-state index in [2.05, 4.69) is 100 Å². The fourth-order valence-corrected chi connectivity index (χ4v) is 8.39. The number of allylic oxidation sites excluding steroid dienone is 1. The fourth-order valence-electron chi connectivity index (χ4n) is 3.79. The monoisotopic (exact) mass is 406 g/mol. The van der Waals surface area contributed by atoms with Gasteiger partial charge in [-0.15, -0.1) is 6.42 Å². The van der Waals surface area contributed by atoms with Crippen LogP contribution in [0, 0.1) is 12.3 Å². The van der Waals surface area contributed by atoms with Gasteiger partial charge in [0, 0.05) is 7.11 Å². The third-order valence-electron chi connectivity index (χ3n) is 5.33. The van der Waals surface area contributed by atoms with Gasteiger partial charge < -0.3 is 9.16 Å². The van der Waals surface area contributed by atoms with Gasteiger partial charge in [0.15, 0.2) is 0 Å². The molecule has 0 amide bonds. The maximum atomic E-state index is 6.94. The molecule has 2 aromatic rings. The molecule has 0 spiro atoms. The van der Waals surface area contributed by atoms with Crippen molar-refractivity contribution in [2.45, 2.75) is 51.7 Å². The third-order valence-corrected chi connectivity index (χ3v) is 10.3. The van der Waals surface area contributed by atoms with Crippen molar-refractivity contribution in [3.8, 4) is 12.3 Å². The number of hydrogen-bond acceptors (Lipinski definition) is 2. The molecule has 0 unspecified atom stereocenters. The van der Waals surface area contributed by atoms with Gasteiger partial charge in [0.25, 0.3) is 8.32 Å². The van der Waals surface area contributed by atoms with Crippen molar-refractivity contribution in [1.82, 2.24) is 0 Å². The van der Waals surface area contributed by atoms with E-state index in [1.807, 2.05) is 0 Å². The highest BCUT2D eigenvalue weighted by Crippen LogP contribution is 2.37. The lowest BCUT2D eigenvalue weighted by Gasteiger charge is -2.43. The SMILES string of the molecule is C#C[C@H](CC/C=C(/C)CO[Si](c1ccccc1)(c1ccccc1)C(C)(C)C)OC. The summed E-state index contributed by atoms with van der Waals surface area (Å²) in [6, 6.07) is 21.5. The van der Waals surface area contributed by atoms with Gasteiger partial charge in [-0.3, -0.25) is 0 Å². The van der Waals surface area contributed by atoms with Gasteiger partial charge in [-0.05, 0) is 35.2 Å². The van der Waals surface area contributed by atoms with Gasteiger partial charge in [-0.1, -0.05) is 99.0 Å². The molecule has 0 saturated carbocycles. The van der Waals surface area contributed by atoms with Crippen LogP contribution in [0.25, 0.3) is 0 Å².